The summed E-state index contributed by atoms with van der Waals surface area (Å²) in [5, 5.41) is 0. The lowest BCUT2D eigenvalue weighted by Crippen LogP contribution is -2.29. The Bertz CT molecular complexity index is 515. The number of rotatable bonds is 15. The minimum absolute atomic E-state index is 0.0409. The van der Waals surface area contributed by atoms with Crippen molar-refractivity contribution in [3.05, 3.63) is 35.9 Å². The molecule has 0 amide bonds. The molecule has 0 saturated carbocycles. The molecule has 0 radical (unpaired) electrons. The van der Waals surface area contributed by atoms with Gasteiger partial charge < -0.3 is 14.2 Å². The van der Waals surface area contributed by atoms with E-state index in [1.54, 1.807) is 0 Å². The van der Waals surface area contributed by atoms with Crippen molar-refractivity contribution in [2.24, 2.45) is 0 Å². The van der Waals surface area contributed by atoms with Crippen molar-refractivity contribution in [2.75, 3.05) is 13.2 Å². The van der Waals surface area contributed by atoms with Crippen LogP contribution in [0.2, 0.25) is 0 Å². The largest absolute Gasteiger partial charge is 0.462 e. The number of esters is 2. The summed E-state index contributed by atoms with van der Waals surface area (Å²) in [6.07, 6.45) is 5.94. The van der Waals surface area contributed by atoms with Crippen LogP contribution in [-0.4, -0.2) is 31.3 Å². The van der Waals surface area contributed by atoms with Crippen LogP contribution in [0.4, 0.5) is 0 Å². The molecule has 0 bridgehead atoms. The third kappa shape index (κ3) is 12.2. The molecule has 0 aliphatic heterocycles. The molecule has 1 aromatic rings. The molecule has 1 rings (SSSR count). The standard InChI is InChI=1S/C22H34O5/c1-3-5-8-14-21(23)26-18-20(27-22(24)15-9-6-4-2)17-25-16-19-12-10-7-11-13-19/h7,10-13,20H,3-6,8-9,14-18H2,1-2H3/t20-/m1/s1. The lowest BCUT2D eigenvalue weighted by molar-refractivity contribution is -0.163. The van der Waals surface area contributed by atoms with Gasteiger partial charge in [-0.3, -0.25) is 9.59 Å². The number of carbonyl (C=O) groups excluding carboxylic acids is 2. The van der Waals surface area contributed by atoms with E-state index in [1.807, 2.05) is 30.3 Å². The van der Waals surface area contributed by atoms with Gasteiger partial charge in [-0.05, 0) is 18.4 Å². The van der Waals surface area contributed by atoms with Crippen LogP contribution >= 0.6 is 0 Å². The quantitative estimate of drug-likeness (QED) is 0.323. The number of hydrogen-bond acceptors (Lipinski definition) is 5. The molecule has 0 heterocycles. The molecule has 0 fully saturated rings. The highest BCUT2D eigenvalue weighted by atomic mass is 16.6. The highest BCUT2D eigenvalue weighted by molar-refractivity contribution is 5.70. The molecule has 0 N–H and O–H groups in total. The van der Waals surface area contributed by atoms with Crippen molar-refractivity contribution >= 4 is 11.9 Å². The number of hydrogen-bond donors (Lipinski definition) is 0. The summed E-state index contributed by atoms with van der Waals surface area (Å²) in [6, 6.07) is 9.78. The molecule has 5 nitrogen and oxygen atoms in total. The first-order chi connectivity index (χ1) is 13.2. The molecule has 27 heavy (non-hydrogen) atoms. The van der Waals surface area contributed by atoms with Crippen LogP contribution < -0.4 is 0 Å². The van der Waals surface area contributed by atoms with E-state index in [4.69, 9.17) is 14.2 Å². The molecule has 0 aromatic heterocycles. The molecule has 0 unspecified atom stereocenters. The maximum Gasteiger partial charge on any atom is 0.306 e. The zero-order chi connectivity index (χ0) is 19.7. The molecule has 0 saturated heterocycles. The fraction of sp³-hybridized carbons (Fsp3) is 0.636. The summed E-state index contributed by atoms with van der Waals surface area (Å²) in [5.74, 6) is -0.516. The van der Waals surface area contributed by atoms with Crippen LogP contribution in [0.25, 0.3) is 0 Å². The fourth-order valence-corrected chi connectivity index (χ4v) is 2.54. The minimum Gasteiger partial charge on any atom is -0.462 e. The van der Waals surface area contributed by atoms with Gasteiger partial charge in [-0.2, -0.15) is 0 Å². The highest BCUT2D eigenvalue weighted by Crippen LogP contribution is 2.07. The molecule has 152 valence electrons. The van der Waals surface area contributed by atoms with Crippen molar-refractivity contribution in [2.45, 2.75) is 77.9 Å². The molecular weight excluding hydrogens is 344 g/mol. The van der Waals surface area contributed by atoms with Gasteiger partial charge >= 0.3 is 11.9 Å². The zero-order valence-electron chi connectivity index (χ0n) is 16.8. The van der Waals surface area contributed by atoms with Gasteiger partial charge in [0.05, 0.1) is 13.2 Å². The van der Waals surface area contributed by atoms with E-state index in [1.165, 1.54) is 0 Å². The van der Waals surface area contributed by atoms with Crippen LogP contribution in [0.1, 0.15) is 70.8 Å². The van der Waals surface area contributed by atoms with Gasteiger partial charge in [-0.25, -0.2) is 0 Å². The smallest absolute Gasteiger partial charge is 0.306 e. The molecule has 5 heteroatoms. The van der Waals surface area contributed by atoms with Crippen molar-refractivity contribution in [3.8, 4) is 0 Å². The van der Waals surface area contributed by atoms with E-state index in [9.17, 15) is 9.59 Å². The predicted molar refractivity (Wildman–Crippen MR) is 105 cm³/mol. The van der Waals surface area contributed by atoms with Gasteiger partial charge in [0.1, 0.15) is 6.61 Å². The molecule has 1 aromatic carbocycles. The number of unbranched alkanes of at least 4 members (excludes halogenated alkanes) is 4. The van der Waals surface area contributed by atoms with Crippen LogP contribution in [0.5, 0.6) is 0 Å². The summed E-state index contributed by atoms with van der Waals surface area (Å²) in [5.41, 5.74) is 1.04. The Morgan fingerprint density at radius 2 is 1.48 bits per heavy atom. The summed E-state index contributed by atoms with van der Waals surface area (Å²) >= 11 is 0. The Balaban J connectivity index is 2.41. The Hall–Kier alpha value is -1.88. The Labute approximate surface area is 163 Å². The van der Waals surface area contributed by atoms with Crippen molar-refractivity contribution < 1.29 is 23.8 Å². The van der Waals surface area contributed by atoms with Crippen molar-refractivity contribution in [3.63, 3.8) is 0 Å². The van der Waals surface area contributed by atoms with Crippen LogP contribution in [0.15, 0.2) is 30.3 Å². The van der Waals surface area contributed by atoms with Gasteiger partial charge in [0, 0.05) is 12.8 Å². The lowest BCUT2D eigenvalue weighted by atomic mass is 10.2. The van der Waals surface area contributed by atoms with Crippen molar-refractivity contribution in [1.29, 1.82) is 0 Å². The summed E-state index contributed by atoms with van der Waals surface area (Å²) in [7, 11) is 0. The van der Waals surface area contributed by atoms with Gasteiger partial charge in [0.2, 0.25) is 0 Å². The summed E-state index contributed by atoms with van der Waals surface area (Å²) in [4.78, 5) is 23.8. The van der Waals surface area contributed by atoms with E-state index in [0.717, 1.165) is 44.1 Å². The number of benzene rings is 1. The lowest BCUT2D eigenvalue weighted by Gasteiger charge is -2.18. The Morgan fingerprint density at radius 3 is 2.11 bits per heavy atom. The summed E-state index contributed by atoms with van der Waals surface area (Å²) < 4.78 is 16.4. The SMILES string of the molecule is CCCCCC(=O)OC[C@@H](COCc1ccccc1)OC(=O)CCCCC. The van der Waals surface area contributed by atoms with Crippen LogP contribution in [0, 0.1) is 0 Å². The first-order valence-corrected chi connectivity index (χ1v) is 10.1. The highest BCUT2D eigenvalue weighted by Gasteiger charge is 2.17. The van der Waals surface area contributed by atoms with Gasteiger partial charge in [0.15, 0.2) is 6.10 Å². The van der Waals surface area contributed by atoms with E-state index >= 15 is 0 Å². The molecule has 0 spiro atoms. The molecule has 1 atom stereocenters. The maximum absolute atomic E-state index is 12.0. The normalized spacial score (nSPS) is 11.8. The van der Waals surface area contributed by atoms with E-state index in [0.29, 0.717) is 19.4 Å². The summed E-state index contributed by atoms with van der Waals surface area (Å²) in [6.45, 7) is 4.85. The molecule has 0 aliphatic carbocycles. The second-order valence-corrected chi connectivity index (χ2v) is 6.71. The Morgan fingerprint density at radius 1 is 0.852 bits per heavy atom. The second kappa shape index (κ2) is 15.2. The predicted octanol–water partition coefficient (Wildman–Crippen LogP) is 4.82. The Kier molecular flexibility index (Phi) is 13.0. The number of carbonyl (C=O) groups is 2. The van der Waals surface area contributed by atoms with Gasteiger partial charge in [-0.1, -0.05) is 69.9 Å². The van der Waals surface area contributed by atoms with E-state index in [-0.39, 0.29) is 25.2 Å². The topological polar surface area (TPSA) is 61.8 Å². The van der Waals surface area contributed by atoms with E-state index in [2.05, 4.69) is 13.8 Å². The monoisotopic (exact) mass is 378 g/mol. The third-order valence-electron chi connectivity index (χ3n) is 4.11. The minimum atomic E-state index is -0.571. The van der Waals surface area contributed by atoms with E-state index < -0.39 is 6.10 Å². The molecular formula is C22H34O5. The molecule has 0 aliphatic rings. The third-order valence-corrected chi connectivity index (χ3v) is 4.11. The average Bonchev–Trinajstić information content (AvgIpc) is 2.67. The second-order valence-electron chi connectivity index (χ2n) is 6.71. The average molecular weight is 379 g/mol. The zero-order valence-corrected chi connectivity index (χ0v) is 16.8. The van der Waals surface area contributed by atoms with Gasteiger partial charge in [0.25, 0.3) is 0 Å². The first kappa shape index (κ1) is 23.2. The number of ether oxygens (including phenoxy) is 3. The maximum atomic E-state index is 12.0. The first-order valence-electron chi connectivity index (χ1n) is 10.1. The van der Waals surface area contributed by atoms with Gasteiger partial charge in [-0.15, -0.1) is 0 Å². The van der Waals surface area contributed by atoms with Crippen LogP contribution in [-0.2, 0) is 30.4 Å². The fourth-order valence-electron chi connectivity index (χ4n) is 2.54. The van der Waals surface area contributed by atoms with Crippen molar-refractivity contribution in [1.82, 2.24) is 0 Å². The van der Waals surface area contributed by atoms with Crippen LogP contribution in [0.3, 0.4) is 0 Å².